The number of sulfone groups is 1. The Bertz CT molecular complexity index is 1180. The molecule has 12 heteroatoms. The van der Waals surface area contributed by atoms with Crippen LogP contribution in [0.1, 0.15) is 17.5 Å². The lowest BCUT2D eigenvalue weighted by Gasteiger charge is -2.17. The van der Waals surface area contributed by atoms with Crippen molar-refractivity contribution >= 4 is 39.0 Å². The molecule has 3 aromatic rings. The molecule has 3 rings (SSSR count). The molecule has 0 saturated heterocycles. The second-order valence-electron chi connectivity index (χ2n) is 6.98. The van der Waals surface area contributed by atoms with E-state index in [1.807, 2.05) is 0 Å². The summed E-state index contributed by atoms with van der Waals surface area (Å²) in [4.78, 5) is 3.80. The Labute approximate surface area is 181 Å². The van der Waals surface area contributed by atoms with Crippen molar-refractivity contribution < 1.29 is 21.6 Å². The normalized spacial score (nSPS) is 12.2. The van der Waals surface area contributed by atoms with Crippen LogP contribution in [0.15, 0.2) is 36.4 Å². The van der Waals surface area contributed by atoms with Gasteiger partial charge in [-0.15, -0.1) is 5.10 Å². The number of aromatic nitrogens is 3. The summed E-state index contributed by atoms with van der Waals surface area (Å²) in [5.74, 6) is 0.0646. The van der Waals surface area contributed by atoms with Crippen LogP contribution in [-0.4, -0.2) is 35.6 Å². The summed E-state index contributed by atoms with van der Waals surface area (Å²) >= 11 is 6.24. The molecule has 1 heterocycles. The zero-order valence-corrected chi connectivity index (χ0v) is 17.9. The lowest BCUT2D eigenvalue weighted by atomic mass is 9.96. The van der Waals surface area contributed by atoms with Gasteiger partial charge in [-0.3, -0.25) is 0 Å². The van der Waals surface area contributed by atoms with Crippen LogP contribution < -0.4 is 11.1 Å². The van der Waals surface area contributed by atoms with Gasteiger partial charge in [-0.05, 0) is 36.1 Å². The fraction of sp³-hybridized carbons (Fsp3) is 0.263. The largest absolute Gasteiger partial charge is 0.417 e. The third-order valence-electron chi connectivity index (χ3n) is 4.38. The third-order valence-corrected chi connectivity index (χ3v) is 5.71. The molecule has 0 unspecified atom stereocenters. The predicted molar refractivity (Wildman–Crippen MR) is 114 cm³/mol. The summed E-state index contributed by atoms with van der Waals surface area (Å²) in [6.07, 6.45) is -2.58. The van der Waals surface area contributed by atoms with Gasteiger partial charge >= 0.3 is 6.18 Å². The summed E-state index contributed by atoms with van der Waals surface area (Å²) in [7, 11) is -3.06. The number of H-pyrrole nitrogens is 1. The van der Waals surface area contributed by atoms with E-state index in [0.29, 0.717) is 12.8 Å². The summed E-state index contributed by atoms with van der Waals surface area (Å²) in [6.45, 7) is 0. The number of hydrogen-bond acceptors (Lipinski definition) is 6. The number of aromatic amines is 1. The Hall–Kier alpha value is -2.79. The first-order chi connectivity index (χ1) is 14.4. The average molecular weight is 474 g/mol. The topological polar surface area (TPSA) is 114 Å². The fourth-order valence-corrected chi connectivity index (χ4v) is 4.03. The molecule has 0 fully saturated rings. The van der Waals surface area contributed by atoms with Crippen LogP contribution in [0.5, 0.6) is 0 Å². The minimum absolute atomic E-state index is 0.00730. The Morgan fingerprint density at radius 3 is 2.42 bits per heavy atom. The molecular weight excluding hydrogens is 455 g/mol. The minimum Gasteiger partial charge on any atom is -0.368 e. The van der Waals surface area contributed by atoms with E-state index in [0.717, 1.165) is 17.9 Å². The van der Waals surface area contributed by atoms with Gasteiger partial charge in [0.25, 0.3) is 0 Å². The Kier molecular flexibility index (Phi) is 6.46. The van der Waals surface area contributed by atoms with Crippen molar-refractivity contribution in [1.82, 2.24) is 15.2 Å². The molecule has 0 radical (unpaired) electrons. The summed E-state index contributed by atoms with van der Waals surface area (Å²) in [6, 6.07) is 8.67. The molecular formula is C19H19ClF3N5O2S. The zero-order chi connectivity index (χ0) is 22.8. The van der Waals surface area contributed by atoms with E-state index in [9.17, 15) is 21.6 Å². The van der Waals surface area contributed by atoms with Gasteiger partial charge in [-0.25, -0.2) is 13.5 Å². The molecule has 7 nitrogen and oxygen atoms in total. The van der Waals surface area contributed by atoms with E-state index in [1.165, 1.54) is 18.2 Å². The van der Waals surface area contributed by atoms with Crippen molar-refractivity contribution in [3.63, 3.8) is 0 Å². The van der Waals surface area contributed by atoms with Gasteiger partial charge in [0.1, 0.15) is 9.84 Å². The van der Waals surface area contributed by atoms with Crippen LogP contribution in [0, 0.1) is 0 Å². The van der Waals surface area contributed by atoms with Crippen molar-refractivity contribution in [2.75, 3.05) is 23.1 Å². The molecule has 166 valence electrons. The lowest BCUT2D eigenvalue weighted by molar-refractivity contribution is -0.137. The smallest absolute Gasteiger partial charge is 0.368 e. The molecule has 0 aliphatic rings. The molecule has 0 atom stereocenters. The molecule has 0 spiro atoms. The van der Waals surface area contributed by atoms with Crippen LogP contribution in [0.2, 0.25) is 5.02 Å². The van der Waals surface area contributed by atoms with Crippen LogP contribution in [-0.2, 0) is 22.4 Å². The number of hydrogen-bond donors (Lipinski definition) is 3. The summed E-state index contributed by atoms with van der Waals surface area (Å²) in [5.41, 5.74) is 5.50. The standard InChI is InChI=1S/C19H19ClF3N5O2S/c1-31(29,30)8-2-3-11-4-6-12(7-5-11)16-14(19(21,22)23)9-13(10-15(16)20)25-18-26-17(24)27-28-18/h4-7,9-10H,2-3,8H2,1H3,(H4,24,25,26,27,28). The van der Waals surface area contributed by atoms with Gasteiger partial charge in [0.2, 0.25) is 11.9 Å². The molecule has 2 aromatic carbocycles. The number of nitrogens with two attached hydrogens (primary N) is 1. The second-order valence-corrected chi connectivity index (χ2v) is 9.64. The Balaban J connectivity index is 1.90. The monoisotopic (exact) mass is 473 g/mol. The van der Waals surface area contributed by atoms with Crippen LogP contribution in [0.4, 0.5) is 30.8 Å². The first-order valence-electron chi connectivity index (χ1n) is 9.05. The average Bonchev–Trinajstić information content (AvgIpc) is 3.05. The number of benzene rings is 2. The number of nitrogens with zero attached hydrogens (tertiary/aromatic N) is 2. The number of nitrogen functional groups attached to an aromatic ring is 1. The predicted octanol–water partition coefficient (Wildman–Crippen LogP) is 4.45. The van der Waals surface area contributed by atoms with Gasteiger partial charge in [0.15, 0.2) is 0 Å². The molecule has 1 aromatic heterocycles. The maximum Gasteiger partial charge on any atom is 0.417 e. The minimum atomic E-state index is -4.66. The number of anilines is 3. The van der Waals surface area contributed by atoms with Gasteiger partial charge in [0.05, 0.1) is 16.3 Å². The van der Waals surface area contributed by atoms with Crippen molar-refractivity contribution in [3.8, 4) is 11.1 Å². The van der Waals surface area contributed by atoms with Crippen molar-refractivity contribution in [1.29, 1.82) is 0 Å². The highest BCUT2D eigenvalue weighted by Crippen LogP contribution is 2.43. The lowest BCUT2D eigenvalue weighted by Crippen LogP contribution is -2.09. The highest BCUT2D eigenvalue weighted by molar-refractivity contribution is 7.90. The fourth-order valence-electron chi connectivity index (χ4n) is 3.03. The maximum absolute atomic E-state index is 13.8. The molecule has 0 saturated carbocycles. The quantitative estimate of drug-likeness (QED) is 0.467. The molecule has 0 aliphatic heterocycles. The van der Waals surface area contributed by atoms with Crippen molar-refractivity contribution in [3.05, 3.63) is 52.5 Å². The van der Waals surface area contributed by atoms with Gasteiger partial charge in [0, 0.05) is 17.5 Å². The van der Waals surface area contributed by atoms with E-state index >= 15 is 0 Å². The summed E-state index contributed by atoms with van der Waals surface area (Å²) in [5, 5.41) is 8.64. The van der Waals surface area contributed by atoms with Crippen LogP contribution >= 0.6 is 11.6 Å². The first kappa shape index (κ1) is 22.9. The maximum atomic E-state index is 13.8. The number of rotatable bonds is 7. The van der Waals surface area contributed by atoms with Gasteiger partial charge in [-0.1, -0.05) is 35.9 Å². The zero-order valence-electron chi connectivity index (χ0n) is 16.3. The molecule has 31 heavy (non-hydrogen) atoms. The van der Waals surface area contributed by atoms with Crippen LogP contribution in [0.3, 0.4) is 0 Å². The van der Waals surface area contributed by atoms with Gasteiger partial charge in [-0.2, -0.15) is 18.2 Å². The Morgan fingerprint density at radius 1 is 1.19 bits per heavy atom. The highest BCUT2D eigenvalue weighted by atomic mass is 35.5. The van der Waals surface area contributed by atoms with Crippen molar-refractivity contribution in [2.24, 2.45) is 0 Å². The van der Waals surface area contributed by atoms with Crippen LogP contribution in [0.25, 0.3) is 11.1 Å². The van der Waals surface area contributed by atoms with E-state index in [4.69, 9.17) is 17.3 Å². The van der Waals surface area contributed by atoms with Crippen molar-refractivity contribution in [2.45, 2.75) is 19.0 Å². The van der Waals surface area contributed by atoms with E-state index in [-0.39, 0.29) is 39.5 Å². The second kappa shape index (κ2) is 8.75. The van der Waals surface area contributed by atoms with Gasteiger partial charge < -0.3 is 11.1 Å². The SMILES string of the molecule is CS(=O)(=O)CCCc1ccc(-c2c(Cl)cc(Nc3n[nH]c(N)n3)cc2C(F)(F)F)cc1. The number of halogens is 4. The first-order valence-corrected chi connectivity index (χ1v) is 11.5. The van der Waals surface area contributed by atoms with E-state index < -0.39 is 21.6 Å². The number of aryl methyl sites for hydroxylation is 1. The molecule has 0 bridgehead atoms. The molecule has 0 amide bonds. The number of alkyl halides is 3. The summed E-state index contributed by atoms with van der Waals surface area (Å²) < 4.78 is 63.8. The number of nitrogens with one attached hydrogen (secondary N) is 2. The third kappa shape index (κ3) is 6.11. The highest BCUT2D eigenvalue weighted by Gasteiger charge is 2.35. The molecule has 4 N–H and O–H groups in total. The van der Waals surface area contributed by atoms with E-state index in [1.54, 1.807) is 12.1 Å². The van der Waals surface area contributed by atoms with E-state index in [2.05, 4.69) is 20.5 Å². The molecule has 0 aliphatic carbocycles. The Morgan fingerprint density at radius 2 is 1.87 bits per heavy atom.